The van der Waals surface area contributed by atoms with Gasteiger partial charge in [-0.15, -0.1) is 0 Å². The van der Waals surface area contributed by atoms with Crippen molar-refractivity contribution in [3.05, 3.63) is 38.0 Å². The number of esters is 1. The summed E-state index contributed by atoms with van der Waals surface area (Å²) < 4.78 is 92.8. The van der Waals surface area contributed by atoms with Crippen molar-refractivity contribution < 1.29 is 105 Å². The first kappa shape index (κ1) is 76.1. The van der Waals surface area contributed by atoms with Gasteiger partial charge >= 0.3 is 34.0 Å². The topological polar surface area (TPSA) is 523 Å². The number of aromatic nitrogens is 12. The van der Waals surface area contributed by atoms with Crippen molar-refractivity contribution in [3.63, 3.8) is 0 Å². The average Bonchev–Trinajstić information content (AvgIpc) is 1.62. The molecule has 3 saturated heterocycles. The second kappa shape index (κ2) is 35.0. The predicted octanol–water partition coefficient (Wildman–Crippen LogP) is 4.41. The molecule has 0 aromatic carbocycles. The van der Waals surface area contributed by atoms with Crippen molar-refractivity contribution in [2.45, 2.75) is 183 Å². The Morgan fingerprint density at radius 3 is 1.28 bits per heavy atom. The Morgan fingerprint density at radius 1 is 0.531 bits per heavy atom. The number of fused-ring (bicyclic) bond motifs is 3. The fourth-order valence-corrected chi connectivity index (χ4v) is 17.0. The van der Waals surface area contributed by atoms with Crippen LogP contribution in [0, 0.1) is 0 Å². The molecule has 0 bridgehead atoms. The number of imidazole rings is 3. The van der Waals surface area contributed by atoms with Gasteiger partial charge in [-0.2, -0.15) is 0 Å². The highest BCUT2D eigenvalue weighted by molar-refractivity contribution is 8.54. The summed E-state index contributed by atoms with van der Waals surface area (Å²) in [4.78, 5) is 94.7. The van der Waals surface area contributed by atoms with Gasteiger partial charge in [-0.25, -0.2) is 54.0 Å². The van der Waals surface area contributed by atoms with Gasteiger partial charge in [0, 0.05) is 12.2 Å². The van der Waals surface area contributed by atoms with E-state index in [4.69, 9.17) is 92.0 Å². The first-order valence-electron chi connectivity index (χ1n) is 31.1. The zero-order chi connectivity index (χ0) is 68.8. The maximum Gasteiger partial charge on any atom is 0.472 e. The van der Waals surface area contributed by atoms with E-state index in [0.29, 0.717) is 17.8 Å². The summed E-state index contributed by atoms with van der Waals surface area (Å²) in [7, 11) is -4.80. The molecule has 3 fully saturated rings. The number of ether oxygens (including phenoxy) is 4. The number of carbonyl (C=O) groups is 1. The average molecular weight is 1490 g/mol. The molecule has 0 aliphatic carbocycles. The second-order valence-corrected chi connectivity index (χ2v) is 33.7. The number of rotatable bonds is 41. The first-order chi connectivity index (χ1) is 45.9. The fraction of sp³-hybridized carbons (Fsp3) is 0.692. The molecule has 14 N–H and O–H groups in total. The van der Waals surface area contributed by atoms with Gasteiger partial charge in [-0.1, -0.05) is 96.8 Å². The lowest BCUT2D eigenvalue weighted by atomic mass is 10.0. The van der Waals surface area contributed by atoms with Gasteiger partial charge in [-0.3, -0.25) is 41.1 Å². The number of nitrogens with zero attached hydrogens (tertiary/aromatic N) is 12. The van der Waals surface area contributed by atoms with Gasteiger partial charge in [0.05, 0.1) is 52.0 Å². The second-order valence-electron chi connectivity index (χ2n) is 22.7. The van der Waals surface area contributed by atoms with Crippen molar-refractivity contribution in [1.82, 2.24) is 58.6 Å². The number of aliphatic hydroxyl groups is 4. The molecule has 6 aromatic rings. The third-order valence-corrected chi connectivity index (χ3v) is 22.9. The summed E-state index contributed by atoms with van der Waals surface area (Å²) in [6.07, 6.45) is 5.16. The van der Waals surface area contributed by atoms with Crippen LogP contribution in [0.25, 0.3) is 33.5 Å². The summed E-state index contributed by atoms with van der Waals surface area (Å²) in [5.74, 6) is -0.728. The van der Waals surface area contributed by atoms with Gasteiger partial charge in [0.15, 0.2) is 53.1 Å². The van der Waals surface area contributed by atoms with E-state index >= 15 is 0 Å². The lowest BCUT2D eigenvalue weighted by Gasteiger charge is -2.27. The monoisotopic (exact) mass is 1490 g/mol. The van der Waals surface area contributed by atoms with Gasteiger partial charge in [0.25, 0.3) is 0 Å². The minimum atomic E-state index is -4.80. The molecule has 7 unspecified atom stereocenters. The molecule has 96 heavy (non-hydrogen) atoms. The van der Waals surface area contributed by atoms with Crippen LogP contribution >= 0.6 is 39.4 Å². The van der Waals surface area contributed by atoms with Gasteiger partial charge in [0.1, 0.15) is 97.1 Å². The smallest absolute Gasteiger partial charge is 0.465 e. The lowest BCUT2D eigenvalue weighted by Crippen LogP contribution is -2.37. The number of aliphatic hydroxyl groups excluding tert-OH is 4. The SMILES string of the molecule is CCCCCCCCCCCCCCCCCC(=O)OCCSP(=O)(O)OC1[C@@H](O)[C@@H](COP(O)(=S)OC2[C@@H](O)[C@@H](COP(O)(=S)OC3[C@@H](O)[C@@H](COP(=O)(O)OCCO)O[C@H]3n3cnc4c(N)ncnc43)O[C@H]2n2cnc3c(N)ncnc32)O[C@H]1n1cnc2c(N)ncnc21. The number of unbranched alkanes of at least 4 members (excludes halogenated alkanes) is 14. The summed E-state index contributed by atoms with van der Waals surface area (Å²) in [6.45, 7) is -15.7. The number of nitrogen functional groups attached to an aromatic ring is 3. The number of nitrogens with two attached hydrogens (primary N) is 3. The normalized spacial score (nSPS) is 26.3. The molecule has 9 rings (SSSR count). The minimum absolute atomic E-state index is 0.0243. The molecule has 0 saturated carbocycles. The van der Waals surface area contributed by atoms with E-state index in [0.717, 1.165) is 44.7 Å². The van der Waals surface area contributed by atoms with Gasteiger partial charge in [-0.05, 0) is 41.4 Å². The quantitative estimate of drug-likeness (QED) is 0.0144. The van der Waals surface area contributed by atoms with Crippen LogP contribution in [0.1, 0.15) is 128 Å². The van der Waals surface area contributed by atoms with E-state index in [2.05, 4.69) is 56.3 Å². The molecule has 0 amide bonds. The molecule has 16 atom stereocenters. The van der Waals surface area contributed by atoms with Crippen molar-refractivity contribution in [2.24, 2.45) is 0 Å². The third-order valence-electron chi connectivity index (χ3n) is 15.8. The van der Waals surface area contributed by atoms with Crippen molar-refractivity contribution in [3.8, 4) is 0 Å². The molecular weight excluding hydrogens is 1410 g/mol. The third kappa shape index (κ3) is 20.1. The summed E-state index contributed by atoms with van der Waals surface area (Å²) in [5, 5.41) is 44.6. The van der Waals surface area contributed by atoms with Gasteiger partial charge < -0.3 is 85.2 Å². The van der Waals surface area contributed by atoms with E-state index < -0.39 is 141 Å². The summed E-state index contributed by atoms with van der Waals surface area (Å²) >= 11 is 11.4. The fourth-order valence-electron chi connectivity index (χ4n) is 11.0. The Morgan fingerprint density at radius 2 is 0.896 bits per heavy atom. The molecule has 44 heteroatoms. The van der Waals surface area contributed by atoms with Crippen LogP contribution < -0.4 is 17.2 Å². The predicted molar refractivity (Wildman–Crippen MR) is 350 cm³/mol. The Bertz CT molecular complexity index is 3720. The standard InChI is InChI=1S/C52H81N15O22P4S3/c1-2-3-4-5-6-7-8-9-10-11-12-13-14-15-16-17-34(69)79-20-21-96-91(75,76)87-41-38(70)32(85-50(41)65-28-62-35-44(53)56-25-59-47(35)65)23-82-92(77,94)89-43-40(72)33(86-52(43)67-30-64-37-46(55)58-27-61-49(37)67)24-83-93(78,95)88-42-39(71)31(22-81-90(73,74)80-19-18-68)84-51(42)66-29-63-36-45(54)57-26-60-48(36)66/h25-33,38-43,50-52,68,70-72H,2-24H2,1H3,(H,73,74)(H,75,76)(H,77,94)(H,78,95)(H2,53,56,59)(H2,54,57,60)(H2,55,58,61)/t31-,32-,33-,38+,39+,40+,41?,42?,43?,50-,51-,52-,92?,93?/m1/s1. The molecule has 37 nitrogen and oxygen atoms in total. The van der Waals surface area contributed by atoms with E-state index in [1.165, 1.54) is 96.9 Å². The van der Waals surface area contributed by atoms with Crippen molar-refractivity contribution in [2.75, 3.05) is 62.6 Å². The van der Waals surface area contributed by atoms with Crippen molar-refractivity contribution in [1.29, 1.82) is 0 Å². The minimum Gasteiger partial charge on any atom is -0.465 e. The van der Waals surface area contributed by atoms with Crippen LogP contribution in [0.5, 0.6) is 0 Å². The van der Waals surface area contributed by atoms with E-state index in [9.17, 15) is 48.8 Å². The van der Waals surface area contributed by atoms with Crippen molar-refractivity contribution >= 4 is 120 Å². The molecule has 0 radical (unpaired) electrons. The lowest BCUT2D eigenvalue weighted by molar-refractivity contribution is -0.143. The van der Waals surface area contributed by atoms with E-state index in [1.807, 2.05) is 0 Å². The number of phosphoric acid groups is 1. The molecule has 534 valence electrons. The maximum atomic E-state index is 13.8. The van der Waals surface area contributed by atoms with E-state index in [1.54, 1.807) is 0 Å². The zero-order valence-electron chi connectivity index (χ0n) is 52.1. The maximum absolute atomic E-state index is 13.8. The van der Waals surface area contributed by atoms with Gasteiger partial charge in [0.2, 0.25) is 0 Å². The summed E-state index contributed by atoms with van der Waals surface area (Å²) in [6, 6.07) is 0. The number of hydrogen-bond acceptors (Lipinski definition) is 33. The van der Waals surface area contributed by atoms with Crippen LogP contribution in [0.4, 0.5) is 17.5 Å². The molecule has 0 spiro atoms. The number of phosphoric ester groups is 1. The molecule has 9 heterocycles. The highest BCUT2D eigenvalue weighted by atomic mass is 32.7. The first-order valence-corrected chi connectivity index (χ1v) is 40.9. The Labute approximate surface area is 564 Å². The molecule has 3 aliphatic rings. The van der Waals surface area contributed by atoms with Crippen LogP contribution in [0.15, 0.2) is 38.0 Å². The van der Waals surface area contributed by atoms with E-state index in [-0.39, 0.29) is 69.7 Å². The number of hydrogen-bond donors (Lipinski definition) is 11. The highest BCUT2D eigenvalue weighted by Gasteiger charge is 2.54. The Hall–Kier alpha value is -4.09. The summed E-state index contributed by atoms with van der Waals surface area (Å²) in [5.41, 5.74) is 18.6. The Balaban J connectivity index is 0.821. The highest BCUT2D eigenvalue weighted by Crippen LogP contribution is 2.59. The van der Waals surface area contributed by atoms with Crippen LogP contribution in [0.3, 0.4) is 0 Å². The molecule has 6 aromatic heterocycles. The Kier molecular flexibility index (Phi) is 27.7. The molecule has 3 aliphatic heterocycles. The number of carbonyl (C=O) groups excluding carboxylic acids is 1. The number of anilines is 3. The van der Waals surface area contributed by atoms with Crippen LogP contribution in [-0.2, 0) is 88.2 Å². The van der Waals surface area contributed by atoms with Crippen LogP contribution in [-0.4, -0.2) is 205 Å². The zero-order valence-corrected chi connectivity index (χ0v) is 58.1. The largest absolute Gasteiger partial charge is 0.472 e. The van der Waals surface area contributed by atoms with Crippen LogP contribution in [0.2, 0.25) is 0 Å². The molecular formula is C52H81N15O22P4S3.